The summed E-state index contributed by atoms with van der Waals surface area (Å²) in [5.41, 5.74) is 0. The van der Waals surface area contributed by atoms with Crippen LogP contribution < -0.4 is 0 Å². The molecule has 57 valence electrons. The zero-order valence-electron chi connectivity index (χ0n) is 6.22. The molecule has 0 aromatic heterocycles. The molecule has 0 unspecified atom stereocenters. The molecular weight excluding hydrogens is 170 g/mol. The second-order valence-corrected chi connectivity index (χ2v) is 3.60. The van der Waals surface area contributed by atoms with E-state index in [1.807, 2.05) is 0 Å². The van der Waals surface area contributed by atoms with E-state index in [-0.39, 0.29) is 24.8 Å². The van der Waals surface area contributed by atoms with Crippen LogP contribution in [0.15, 0.2) is 0 Å². The molecule has 0 heterocycles. The number of rotatable bonds is 4. The van der Waals surface area contributed by atoms with Crippen LogP contribution in [-0.2, 0) is 0 Å². The zero-order valence-corrected chi connectivity index (χ0v) is 9.01. The Kier molecular flexibility index (Phi) is 29.6. The summed E-state index contributed by atoms with van der Waals surface area (Å²) in [6, 6.07) is 0. The minimum Gasteiger partial charge on any atom is -0.147 e. The first-order chi connectivity index (χ1) is 3.41. The molecule has 0 saturated heterocycles. The maximum atomic E-state index is 2.27. The Morgan fingerprint density at radius 2 is 1.22 bits per heavy atom. The standard InChI is InChI=1S/2C3H7.Al.2ClH/c2*1-3-2;;;/h2*1,3H2,2H3;;2*1H. The average molecular weight is 186 g/mol. The molecule has 1 radical (unpaired) electrons. The minimum atomic E-state index is 0. The Bertz CT molecular complexity index is 30.2. The highest BCUT2D eigenvalue weighted by molar-refractivity contribution is 6.35. The number of halogens is 2. The fourth-order valence-corrected chi connectivity index (χ4v) is 1.66. The van der Waals surface area contributed by atoms with E-state index < -0.39 is 0 Å². The SMILES string of the molecule is CC[CH2][Al][CH2]CC.Cl.Cl. The highest BCUT2D eigenvalue weighted by Gasteiger charge is 1.84. The molecule has 3 heteroatoms. The van der Waals surface area contributed by atoms with Crippen LogP contribution in [0.1, 0.15) is 26.7 Å². The highest BCUT2D eigenvalue weighted by Crippen LogP contribution is 1.92. The zero-order chi connectivity index (χ0) is 5.54. The van der Waals surface area contributed by atoms with E-state index in [1.54, 1.807) is 0 Å². The normalized spacial score (nSPS) is 6.89. The first-order valence-corrected chi connectivity index (χ1v) is 4.86. The monoisotopic (exact) mass is 185 g/mol. The van der Waals surface area contributed by atoms with E-state index in [0.29, 0.717) is 0 Å². The van der Waals surface area contributed by atoms with E-state index in [9.17, 15) is 0 Å². The molecule has 0 spiro atoms. The Labute approximate surface area is 77.3 Å². The summed E-state index contributed by atoms with van der Waals surface area (Å²) in [4.78, 5) is 0. The van der Waals surface area contributed by atoms with Crippen LogP contribution in [0, 0.1) is 0 Å². The predicted molar refractivity (Wildman–Crippen MR) is 50.4 cm³/mol. The maximum Gasteiger partial charge on any atom is 0.199 e. The van der Waals surface area contributed by atoms with Gasteiger partial charge >= 0.3 is 0 Å². The van der Waals surface area contributed by atoms with Crippen molar-refractivity contribution in [2.45, 2.75) is 37.3 Å². The van der Waals surface area contributed by atoms with Crippen molar-refractivity contribution in [3.8, 4) is 0 Å². The fraction of sp³-hybridized carbons (Fsp3) is 1.00. The van der Waals surface area contributed by atoms with Gasteiger partial charge in [0.25, 0.3) is 0 Å². The fourth-order valence-electron chi connectivity index (χ4n) is 0.553. The molecule has 0 aromatic carbocycles. The molecule has 0 N–H and O–H groups in total. The van der Waals surface area contributed by atoms with Gasteiger partial charge in [-0.25, -0.2) is 0 Å². The molecular formula is C6H16AlCl2. The summed E-state index contributed by atoms with van der Waals surface area (Å²) in [6.07, 6.45) is 2.80. The van der Waals surface area contributed by atoms with Crippen LogP contribution in [0.25, 0.3) is 0 Å². The third kappa shape index (κ3) is 17.6. The van der Waals surface area contributed by atoms with Crippen molar-refractivity contribution in [2.24, 2.45) is 0 Å². The molecule has 0 atom stereocenters. The van der Waals surface area contributed by atoms with E-state index in [4.69, 9.17) is 0 Å². The Morgan fingerprint density at radius 1 is 0.889 bits per heavy atom. The van der Waals surface area contributed by atoms with Gasteiger partial charge in [0.2, 0.25) is 0 Å². The second-order valence-electron chi connectivity index (χ2n) is 1.87. The van der Waals surface area contributed by atoms with Crippen LogP contribution >= 0.6 is 24.8 Å². The van der Waals surface area contributed by atoms with Crippen molar-refractivity contribution in [1.82, 2.24) is 0 Å². The molecule has 9 heavy (non-hydrogen) atoms. The van der Waals surface area contributed by atoms with E-state index in [2.05, 4.69) is 13.8 Å². The summed E-state index contributed by atoms with van der Waals surface area (Å²) in [6.45, 7) is 4.53. The largest absolute Gasteiger partial charge is 0.199 e. The van der Waals surface area contributed by atoms with E-state index >= 15 is 0 Å². The molecule has 0 bridgehead atoms. The first kappa shape index (κ1) is 16.6. The third-order valence-corrected chi connectivity index (χ3v) is 2.96. The van der Waals surface area contributed by atoms with Crippen molar-refractivity contribution in [1.29, 1.82) is 0 Å². The molecule has 0 aromatic rings. The van der Waals surface area contributed by atoms with Gasteiger partial charge < -0.3 is 0 Å². The van der Waals surface area contributed by atoms with Gasteiger partial charge in [-0.3, -0.25) is 0 Å². The van der Waals surface area contributed by atoms with Crippen LogP contribution in [0.2, 0.25) is 10.6 Å². The van der Waals surface area contributed by atoms with Gasteiger partial charge in [-0.05, 0) is 0 Å². The molecule has 0 aliphatic carbocycles. The van der Waals surface area contributed by atoms with Crippen LogP contribution in [0.5, 0.6) is 0 Å². The average Bonchev–Trinajstić information content (AvgIpc) is 1.69. The summed E-state index contributed by atoms with van der Waals surface area (Å²) >= 11 is 0.822. The maximum absolute atomic E-state index is 2.27. The van der Waals surface area contributed by atoms with Gasteiger partial charge in [-0.1, -0.05) is 26.7 Å². The topological polar surface area (TPSA) is 0 Å². The smallest absolute Gasteiger partial charge is 0.147 e. The summed E-state index contributed by atoms with van der Waals surface area (Å²) < 4.78 is 0. The highest BCUT2D eigenvalue weighted by atomic mass is 35.5. The molecule has 0 rings (SSSR count). The second kappa shape index (κ2) is 16.1. The van der Waals surface area contributed by atoms with E-state index in [0.717, 1.165) is 15.2 Å². The van der Waals surface area contributed by atoms with Gasteiger partial charge in [0, 0.05) is 0 Å². The lowest BCUT2D eigenvalue weighted by molar-refractivity contribution is 1.02. The number of hydrogen-bond acceptors (Lipinski definition) is 0. The summed E-state index contributed by atoms with van der Waals surface area (Å²) in [5, 5.41) is 3.02. The first-order valence-electron chi connectivity index (χ1n) is 3.23. The van der Waals surface area contributed by atoms with Gasteiger partial charge in [0.15, 0.2) is 15.2 Å². The molecule has 0 aliphatic heterocycles. The van der Waals surface area contributed by atoms with Gasteiger partial charge in [-0.2, -0.15) is 0 Å². The van der Waals surface area contributed by atoms with Crippen LogP contribution in [-0.4, -0.2) is 15.2 Å². The van der Waals surface area contributed by atoms with Gasteiger partial charge in [-0.15, -0.1) is 35.4 Å². The Balaban J connectivity index is -0.000000180. The van der Waals surface area contributed by atoms with Crippen molar-refractivity contribution in [2.75, 3.05) is 0 Å². The van der Waals surface area contributed by atoms with Gasteiger partial charge in [0.05, 0.1) is 0 Å². The van der Waals surface area contributed by atoms with Crippen LogP contribution in [0.3, 0.4) is 0 Å². The van der Waals surface area contributed by atoms with Gasteiger partial charge in [0.1, 0.15) is 0 Å². The summed E-state index contributed by atoms with van der Waals surface area (Å²) in [7, 11) is 0. The number of hydrogen-bond donors (Lipinski definition) is 0. The molecule has 0 nitrogen and oxygen atoms in total. The molecule has 0 fully saturated rings. The van der Waals surface area contributed by atoms with E-state index in [1.165, 1.54) is 23.4 Å². The molecule has 0 aliphatic rings. The van der Waals surface area contributed by atoms with Crippen LogP contribution in [0.4, 0.5) is 0 Å². The Morgan fingerprint density at radius 3 is 1.44 bits per heavy atom. The summed E-state index contributed by atoms with van der Waals surface area (Å²) in [5.74, 6) is 0. The lowest BCUT2D eigenvalue weighted by Crippen LogP contribution is -1.84. The minimum absolute atomic E-state index is 0. The lowest BCUT2D eigenvalue weighted by Gasteiger charge is -1.87. The Hall–Kier alpha value is 1.11. The van der Waals surface area contributed by atoms with Crippen molar-refractivity contribution in [3.63, 3.8) is 0 Å². The third-order valence-electron chi connectivity index (χ3n) is 0.986. The van der Waals surface area contributed by atoms with Crippen molar-refractivity contribution in [3.05, 3.63) is 0 Å². The predicted octanol–water partition coefficient (Wildman–Crippen LogP) is 3.19. The molecule has 0 saturated carbocycles. The van der Waals surface area contributed by atoms with Crippen molar-refractivity contribution >= 4 is 40.0 Å². The lowest BCUT2D eigenvalue weighted by atomic mass is 10.6. The molecule has 0 amide bonds. The van der Waals surface area contributed by atoms with Crippen molar-refractivity contribution < 1.29 is 0 Å². The quantitative estimate of drug-likeness (QED) is 0.467.